The molecule has 1 rings (SSSR count). The fourth-order valence-corrected chi connectivity index (χ4v) is 2.82. The number of aromatic hydroxyl groups is 1. The normalized spacial score (nSPS) is 11.4. The number of Topliss-reactive ketones (excluding diaryl/α,β-unsaturated/α-hetero) is 1. The van der Waals surface area contributed by atoms with Crippen molar-refractivity contribution < 1.29 is 28.6 Å². The van der Waals surface area contributed by atoms with Gasteiger partial charge in [-0.25, -0.2) is 4.79 Å². The van der Waals surface area contributed by atoms with Crippen LogP contribution in [0.15, 0.2) is 21.1 Å². The number of rotatable bonds is 5. The predicted molar refractivity (Wildman–Crippen MR) is 72.9 cm³/mol. The summed E-state index contributed by atoms with van der Waals surface area (Å²) in [7, 11) is 0. The van der Waals surface area contributed by atoms with Crippen molar-refractivity contribution in [2.24, 2.45) is 0 Å². The van der Waals surface area contributed by atoms with E-state index in [1.54, 1.807) is 0 Å². The molecule has 104 valence electrons. The molecule has 0 bridgehead atoms. The predicted octanol–water partition coefficient (Wildman–Crippen LogP) is 3.51. The number of carbonyl (C=O) groups excluding carboxylic acids is 1. The fourth-order valence-electron chi connectivity index (χ4n) is 1.03. The van der Waals surface area contributed by atoms with Gasteiger partial charge in [0.1, 0.15) is 5.75 Å². The molecule has 19 heavy (non-hydrogen) atoms. The molecule has 0 fully saturated rings. The van der Waals surface area contributed by atoms with Gasteiger partial charge >= 0.3 is 11.2 Å². The smallest absolute Gasteiger partial charge is 0.389 e. The van der Waals surface area contributed by atoms with Gasteiger partial charge < -0.3 is 10.2 Å². The van der Waals surface area contributed by atoms with Gasteiger partial charge in [0.15, 0.2) is 5.78 Å². The third-order valence-corrected chi connectivity index (χ3v) is 4.13. The van der Waals surface area contributed by atoms with Crippen molar-refractivity contribution in [3.63, 3.8) is 0 Å². The van der Waals surface area contributed by atoms with E-state index < -0.39 is 22.8 Å². The lowest BCUT2D eigenvalue weighted by Gasteiger charge is -2.10. The highest BCUT2D eigenvalue weighted by Gasteiger charge is 2.40. The number of carboxylic acids is 1. The molecule has 4 nitrogen and oxygen atoms in total. The van der Waals surface area contributed by atoms with Gasteiger partial charge in [0.05, 0.1) is 14.7 Å². The quantitative estimate of drug-likeness (QED) is 0.714. The van der Waals surface area contributed by atoms with E-state index in [2.05, 4.69) is 31.9 Å². The van der Waals surface area contributed by atoms with E-state index in [0.29, 0.717) is 0 Å². The van der Waals surface area contributed by atoms with Gasteiger partial charge in [-0.15, -0.1) is 0 Å². The number of phenolic OH excluding ortho intramolecular Hbond substituents is 1. The Morgan fingerprint density at radius 3 is 2.16 bits per heavy atom. The van der Waals surface area contributed by atoms with E-state index in [-0.39, 0.29) is 32.0 Å². The van der Waals surface area contributed by atoms with E-state index in [4.69, 9.17) is 5.11 Å². The van der Waals surface area contributed by atoms with Crippen molar-refractivity contribution in [1.82, 2.24) is 0 Å². The molecule has 0 saturated heterocycles. The first-order chi connectivity index (χ1) is 8.65. The van der Waals surface area contributed by atoms with Crippen molar-refractivity contribution in [1.29, 1.82) is 0 Å². The molecule has 1 aromatic rings. The van der Waals surface area contributed by atoms with Crippen LogP contribution in [0.2, 0.25) is 0 Å². The summed E-state index contributed by atoms with van der Waals surface area (Å²) in [4.78, 5) is 21.9. The Bertz CT molecular complexity index is 513. The number of aliphatic carboxylic acids is 1. The highest BCUT2D eigenvalue weighted by molar-refractivity contribution is 9.11. The lowest BCUT2D eigenvalue weighted by atomic mass is 10.1. The zero-order valence-corrected chi connectivity index (χ0v) is 13.0. The fraction of sp³-hybridized carbons (Fsp3) is 0.200. The molecule has 0 aliphatic carbocycles. The molecule has 0 aliphatic rings. The van der Waals surface area contributed by atoms with Crippen LogP contribution in [-0.4, -0.2) is 33.0 Å². The van der Waals surface area contributed by atoms with Gasteiger partial charge in [-0.3, -0.25) is 4.79 Å². The lowest BCUT2D eigenvalue weighted by molar-refractivity contribution is -0.152. The van der Waals surface area contributed by atoms with Gasteiger partial charge in [-0.05, 0) is 44.0 Å². The molecule has 0 heterocycles. The van der Waals surface area contributed by atoms with Gasteiger partial charge in [-0.2, -0.15) is 8.78 Å². The van der Waals surface area contributed by atoms with E-state index in [1.807, 2.05) is 0 Å². The molecule has 0 amide bonds. The summed E-state index contributed by atoms with van der Waals surface area (Å²) in [5.74, 6) is -3.78. The zero-order chi connectivity index (χ0) is 14.8. The molecule has 1 aromatic carbocycles. The molecular weight excluding hydrogens is 414 g/mol. The third kappa shape index (κ3) is 4.15. The van der Waals surface area contributed by atoms with Crippen molar-refractivity contribution in [2.75, 3.05) is 5.75 Å². The summed E-state index contributed by atoms with van der Waals surface area (Å²) < 4.78 is 26.0. The van der Waals surface area contributed by atoms with Crippen LogP contribution in [0.25, 0.3) is 0 Å². The first-order valence-corrected chi connectivity index (χ1v) is 7.18. The maximum atomic E-state index is 12.8. The number of ketones is 1. The Morgan fingerprint density at radius 2 is 1.74 bits per heavy atom. The second kappa shape index (κ2) is 6.19. The molecular formula is C10H6Br2F2O4S. The Morgan fingerprint density at radius 1 is 1.26 bits per heavy atom. The number of hydrogen-bond donors (Lipinski definition) is 2. The van der Waals surface area contributed by atoms with E-state index in [9.17, 15) is 23.5 Å². The van der Waals surface area contributed by atoms with E-state index >= 15 is 0 Å². The first kappa shape index (κ1) is 16.4. The number of alkyl halides is 2. The van der Waals surface area contributed by atoms with E-state index in [1.165, 1.54) is 12.1 Å². The molecule has 0 radical (unpaired) electrons. The van der Waals surface area contributed by atoms with Crippen molar-refractivity contribution in [3.05, 3.63) is 26.6 Å². The number of carbonyl (C=O) groups is 2. The largest absolute Gasteiger partial charge is 0.506 e. The standard InChI is InChI=1S/C10H6Br2F2O4S/c11-5-1-4(2-6(12)8(5)16)7(15)3-19-10(13,14)9(17)18/h1-2,16H,3H2,(H,17,18). The Labute approximate surface area is 127 Å². The molecule has 0 spiro atoms. The summed E-state index contributed by atoms with van der Waals surface area (Å²) in [5, 5.41) is 13.6. The Kier molecular flexibility index (Phi) is 5.34. The average Bonchev–Trinajstić information content (AvgIpc) is 2.32. The Hall–Kier alpha value is -0.670. The van der Waals surface area contributed by atoms with Gasteiger partial charge in [0.25, 0.3) is 0 Å². The monoisotopic (exact) mass is 418 g/mol. The van der Waals surface area contributed by atoms with Gasteiger partial charge in [-0.1, -0.05) is 11.8 Å². The summed E-state index contributed by atoms with van der Waals surface area (Å²) >= 11 is 5.73. The second-order valence-electron chi connectivity index (χ2n) is 3.32. The molecule has 0 aromatic heterocycles. The number of benzene rings is 1. The van der Waals surface area contributed by atoms with Crippen LogP contribution in [0.1, 0.15) is 10.4 Å². The number of carboxylic acid groups (broad SMARTS) is 1. The summed E-state index contributed by atoms with van der Waals surface area (Å²) in [6.45, 7) is 0. The molecule has 0 aliphatic heterocycles. The topological polar surface area (TPSA) is 74.6 Å². The maximum Gasteiger partial charge on any atom is 0.389 e. The average molecular weight is 420 g/mol. The number of phenols is 1. The van der Waals surface area contributed by atoms with Crippen molar-refractivity contribution in [3.8, 4) is 5.75 Å². The third-order valence-electron chi connectivity index (χ3n) is 1.97. The minimum atomic E-state index is -4.01. The SMILES string of the molecule is O=C(CSC(F)(F)C(=O)O)c1cc(Br)c(O)c(Br)c1. The minimum Gasteiger partial charge on any atom is -0.506 e. The van der Waals surface area contributed by atoms with Crippen LogP contribution in [-0.2, 0) is 4.79 Å². The van der Waals surface area contributed by atoms with Crippen LogP contribution in [0.4, 0.5) is 8.78 Å². The molecule has 0 unspecified atom stereocenters. The molecule has 0 saturated carbocycles. The second-order valence-corrected chi connectivity index (χ2v) is 6.12. The molecule has 2 N–H and O–H groups in total. The maximum absolute atomic E-state index is 12.8. The van der Waals surface area contributed by atoms with Crippen LogP contribution < -0.4 is 0 Å². The Balaban J connectivity index is 2.83. The number of halogens is 4. The molecule has 9 heteroatoms. The highest BCUT2D eigenvalue weighted by Crippen LogP contribution is 2.34. The lowest BCUT2D eigenvalue weighted by Crippen LogP contribution is -2.25. The van der Waals surface area contributed by atoms with Crippen molar-refractivity contribution in [2.45, 2.75) is 5.25 Å². The summed E-state index contributed by atoms with van der Waals surface area (Å²) in [5.41, 5.74) is 0.0743. The summed E-state index contributed by atoms with van der Waals surface area (Å²) in [6.07, 6.45) is 0. The first-order valence-electron chi connectivity index (χ1n) is 4.61. The van der Waals surface area contributed by atoms with Gasteiger partial charge in [0, 0.05) is 5.56 Å². The van der Waals surface area contributed by atoms with Gasteiger partial charge in [0.2, 0.25) is 0 Å². The number of hydrogen-bond acceptors (Lipinski definition) is 4. The van der Waals surface area contributed by atoms with Crippen LogP contribution in [0, 0.1) is 0 Å². The van der Waals surface area contributed by atoms with E-state index in [0.717, 1.165) is 0 Å². The summed E-state index contributed by atoms with van der Waals surface area (Å²) in [6, 6.07) is 2.53. The van der Waals surface area contributed by atoms with Crippen LogP contribution in [0.3, 0.4) is 0 Å². The minimum absolute atomic E-state index is 0.0743. The van der Waals surface area contributed by atoms with Crippen molar-refractivity contribution >= 4 is 55.4 Å². The zero-order valence-electron chi connectivity index (χ0n) is 8.99. The van der Waals surface area contributed by atoms with Crippen LogP contribution >= 0.6 is 43.6 Å². The molecule has 0 atom stereocenters. The number of thioether (sulfide) groups is 1. The highest BCUT2D eigenvalue weighted by atomic mass is 79.9. The van der Waals surface area contributed by atoms with Crippen LogP contribution in [0.5, 0.6) is 5.75 Å².